The van der Waals surface area contributed by atoms with Crippen molar-refractivity contribution in [1.82, 2.24) is 0 Å². The van der Waals surface area contributed by atoms with Crippen molar-refractivity contribution in [3.05, 3.63) is 0 Å². The van der Waals surface area contributed by atoms with Crippen molar-refractivity contribution in [2.24, 2.45) is 0 Å². The maximum absolute atomic E-state index is 11.3. The summed E-state index contributed by atoms with van der Waals surface area (Å²) in [5.41, 5.74) is 0. The van der Waals surface area contributed by atoms with E-state index in [0.29, 0.717) is 0 Å². The van der Waals surface area contributed by atoms with Gasteiger partial charge in [0.25, 0.3) is 10.1 Å². The fourth-order valence-electron chi connectivity index (χ4n) is 1.97. The molecule has 0 aliphatic heterocycles. The van der Waals surface area contributed by atoms with E-state index in [-0.39, 0.29) is 11.9 Å². The standard InChI is InChI=1S/C11H22O3S/c1-2-15(12,13)14-11-9-7-5-3-4-6-8-10-11/h11H,2-10H2,1H3. The predicted octanol–water partition coefficient (Wildman–Crippen LogP) is 2.86. The van der Waals surface area contributed by atoms with Gasteiger partial charge in [-0.25, -0.2) is 0 Å². The van der Waals surface area contributed by atoms with E-state index in [9.17, 15) is 8.42 Å². The molecule has 0 aromatic carbocycles. The van der Waals surface area contributed by atoms with E-state index >= 15 is 0 Å². The van der Waals surface area contributed by atoms with Gasteiger partial charge >= 0.3 is 0 Å². The lowest BCUT2D eigenvalue weighted by Crippen LogP contribution is -2.19. The van der Waals surface area contributed by atoms with E-state index < -0.39 is 10.1 Å². The quantitative estimate of drug-likeness (QED) is 0.705. The van der Waals surface area contributed by atoms with E-state index in [1.165, 1.54) is 25.7 Å². The summed E-state index contributed by atoms with van der Waals surface area (Å²) in [5.74, 6) is 0.0868. The molecule has 1 saturated carbocycles. The van der Waals surface area contributed by atoms with Gasteiger partial charge in [0, 0.05) is 0 Å². The molecule has 0 atom stereocenters. The Bertz CT molecular complexity index is 249. The van der Waals surface area contributed by atoms with E-state index in [1.807, 2.05) is 0 Å². The monoisotopic (exact) mass is 234 g/mol. The van der Waals surface area contributed by atoms with Crippen molar-refractivity contribution in [2.75, 3.05) is 5.75 Å². The molecular weight excluding hydrogens is 212 g/mol. The zero-order valence-corrected chi connectivity index (χ0v) is 10.4. The molecule has 0 aromatic heterocycles. The maximum atomic E-state index is 11.3. The lowest BCUT2D eigenvalue weighted by atomic mass is 10.1. The van der Waals surface area contributed by atoms with Crippen molar-refractivity contribution in [2.45, 2.75) is 64.4 Å². The summed E-state index contributed by atoms with van der Waals surface area (Å²) in [4.78, 5) is 0. The molecule has 1 rings (SSSR count). The largest absolute Gasteiger partial charge is 0.267 e. The highest BCUT2D eigenvalue weighted by Gasteiger charge is 2.18. The van der Waals surface area contributed by atoms with Crippen molar-refractivity contribution in [3.8, 4) is 0 Å². The molecule has 3 nitrogen and oxygen atoms in total. The van der Waals surface area contributed by atoms with Gasteiger partial charge in [0.2, 0.25) is 0 Å². The summed E-state index contributed by atoms with van der Waals surface area (Å²) in [5, 5.41) is 0. The van der Waals surface area contributed by atoms with E-state index in [4.69, 9.17) is 4.18 Å². The van der Waals surface area contributed by atoms with Gasteiger partial charge < -0.3 is 0 Å². The summed E-state index contributed by atoms with van der Waals surface area (Å²) in [6.45, 7) is 1.63. The van der Waals surface area contributed by atoms with Crippen molar-refractivity contribution in [3.63, 3.8) is 0 Å². The Kier molecular flexibility index (Phi) is 5.61. The molecule has 0 radical (unpaired) electrons. The van der Waals surface area contributed by atoms with Crippen LogP contribution in [0, 0.1) is 0 Å². The average molecular weight is 234 g/mol. The van der Waals surface area contributed by atoms with Crippen LogP contribution in [0.15, 0.2) is 0 Å². The van der Waals surface area contributed by atoms with Crippen LogP contribution in [-0.2, 0) is 14.3 Å². The number of rotatable bonds is 3. The van der Waals surface area contributed by atoms with Crippen LogP contribution in [0.4, 0.5) is 0 Å². The van der Waals surface area contributed by atoms with Gasteiger partial charge in [-0.15, -0.1) is 0 Å². The molecule has 15 heavy (non-hydrogen) atoms. The van der Waals surface area contributed by atoms with Crippen LogP contribution in [0.3, 0.4) is 0 Å². The van der Waals surface area contributed by atoms with Gasteiger partial charge in [0.15, 0.2) is 0 Å². The topological polar surface area (TPSA) is 43.4 Å². The highest BCUT2D eigenvalue weighted by atomic mass is 32.2. The normalized spacial score (nSPS) is 21.7. The molecule has 1 aliphatic rings. The van der Waals surface area contributed by atoms with Crippen LogP contribution in [0.2, 0.25) is 0 Å². The molecule has 0 heterocycles. The summed E-state index contributed by atoms with van der Waals surface area (Å²) in [6.07, 6.45) is 8.94. The van der Waals surface area contributed by atoms with Gasteiger partial charge in [-0.2, -0.15) is 8.42 Å². The van der Waals surface area contributed by atoms with Gasteiger partial charge in [-0.3, -0.25) is 4.18 Å². The van der Waals surface area contributed by atoms with Gasteiger partial charge in [0.05, 0.1) is 11.9 Å². The van der Waals surface area contributed by atoms with Gasteiger partial charge in [0.1, 0.15) is 0 Å². The summed E-state index contributed by atoms with van der Waals surface area (Å²) in [6, 6.07) is 0. The Balaban J connectivity index is 2.43. The van der Waals surface area contributed by atoms with E-state index in [1.54, 1.807) is 6.92 Å². The fourth-order valence-corrected chi connectivity index (χ4v) is 2.71. The zero-order chi connectivity index (χ0) is 11.1. The Morgan fingerprint density at radius 3 is 1.93 bits per heavy atom. The highest BCUT2D eigenvalue weighted by Crippen LogP contribution is 2.20. The Morgan fingerprint density at radius 1 is 1.00 bits per heavy atom. The molecule has 0 unspecified atom stereocenters. The third kappa shape index (κ3) is 5.52. The van der Waals surface area contributed by atoms with Crippen LogP contribution in [-0.4, -0.2) is 20.3 Å². The van der Waals surface area contributed by atoms with Crippen LogP contribution < -0.4 is 0 Å². The Morgan fingerprint density at radius 2 is 1.47 bits per heavy atom. The van der Waals surface area contributed by atoms with Crippen molar-refractivity contribution >= 4 is 10.1 Å². The lowest BCUT2D eigenvalue weighted by Gasteiger charge is -2.15. The summed E-state index contributed by atoms with van der Waals surface area (Å²) < 4.78 is 27.9. The molecule has 0 amide bonds. The van der Waals surface area contributed by atoms with Crippen LogP contribution in [0.1, 0.15) is 58.3 Å². The molecule has 0 bridgehead atoms. The number of hydrogen-bond donors (Lipinski definition) is 0. The highest BCUT2D eigenvalue weighted by molar-refractivity contribution is 7.86. The van der Waals surface area contributed by atoms with E-state index in [2.05, 4.69) is 0 Å². The molecule has 0 N–H and O–H groups in total. The Labute approximate surface area is 93.3 Å². The minimum atomic E-state index is -3.26. The average Bonchev–Trinajstić information content (AvgIpc) is 2.31. The Hall–Kier alpha value is -0.0900. The fraction of sp³-hybridized carbons (Fsp3) is 1.00. The zero-order valence-electron chi connectivity index (χ0n) is 9.57. The first kappa shape index (κ1) is 13.0. The third-order valence-electron chi connectivity index (χ3n) is 2.94. The van der Waals surface area contributed by atoms with Gasteiger partial charge in [-0.05, 0) is 19.8 Å². The van der Waals surface area contributed by atoms with Crippen LogP contribution >= 0.6 is 0 Å². The molecule has 4 heteroatoms. The van der Waals surface area contributed by atoms with Crippen molar-refractivity contribution < 1.29 is 12.6 Å². The van der Waals surface area contributed by atoms with E-state index in [0.717, 1.165) is 25.7 Å². The minimum Gasteiger partial charge on any atom is -0.267 e. The molecule has 0 saturated heterocycles. The minimum absolute atomic E-state index is 0.0620. The molecule has 90 valence electrons. The first-order valence-corrected chi connectivity index (χ1v) is 7.63. The molecule has 1 fully saturated rings. The smallest absolute Gasteiger partial charge is 0.267 e. The second-order valence-electron chi connectivity index (χ2n) is 4.26. The molecule has 0 aromatic rings. The third-order valence-corrected chi connectivity index (χ3v) is 4.21. The number of hydrogen-bond acceptors (Lipinski definition) is 3. The SMILES string of the molecule is CCS(=O)(=O)OC1CCCCCCCC1. The predicted molar refractivity (Wildman–Crippen MR) is 61.3 cm³/mol. The second-order valence-corrected chi connectivity index (χ2v) is 6.15. The van der Waals surface area contributed by atoms with Crippen molar-refractivity contribution in [1.29, 1.82) is 0 Å². The lowest BCUT2D eigenvalue weighted by molar-refractivity contribution is 0.184. The van der Waals surface area contributed by atoms with Crippen LogP contribution in [0.5, 0.6) is 0 Å². The van der Waals surface area contributed by atoms with Crippen LogP contribution in [0.25, 0.3) is 0 Å². The molecule has 0 spiro atoms. The molecule has 1 aliphatic carbocycles. The maximum Gasteiger partial charge on any atom is 0.267 e. The second kappa shape index (κ2) is 6.48. The first-order valence-electron chi connectivity index (χ1n) is 6.05. The van der Waals surface area contributed by atoms with Gasteiger partial charge in [-0.1, -0.05) is 38.5 Å². The molecular formula is C11H22O3S. The summed E-state index contributed by atoms with van der Waals surface area (Å²) >= 11 is 0. The summed E-state index contributed by atoms with van der Waals surface area (Å²) in [7, 11) is -3.26. The first-order chi connectivity index (χ1) is 7.14.